The van der Waals surface area contributed by atoms with Crippen LogP contribution in [-0.4, -0.2) is 41.8 Å². The number of rotatable bonds is 5. The van der Waals surface area contributed by atoms with Gasteiger partial charge in [0.1, 0.15) is 6.10 Å². The van der Waals surface area contributed by atoms with Gasteiger partial charge in [-0.1, -0.05) is 36.4 Å². The van der Waals surface area contributed by atoms with Crippen LogP contribution < -0.4 is 0 Å². The predicted molar refractivity (Wildman–Crippen MR) is 95.2 cm³/mol. The smallest absolute Gasteiger partial charge is 0.409 e. The van der Waals surface area contributed by atoms with Crippen LogP contribution in [0.2, 0.25) is 0 Å². The summed E-state index contributed by atoms with van der Waals surface area (Å²) in [5.41, 5.74) is 2.00. The molecule has 1 saturated heterocycles. The summed E-state index contributed by atoms with van der Waals surface area (Å²) in [7, 11) is 0. The van der Waals surface area contributed by atoms with E-state index in [1.54, 1.807) is 11.1 Å². The highest BCUT2D eigenvalue weighted by molar-refractivity contribution is 5.67. The molecule has 5 nitrogen and oxygen atoms in total. The number of benzene rings is 1. The van der Waals surface area contributed by atoms with E-state index < -0.39 is 0 Å². The molecule has 2 heterocycles. The Labute approximate surface area is 148 Å². The Morgan fingerprint density at radius 1 is 1.16 bits per heavy atom. The number of hydrogen-bond acceptors (Lipinski definition) is 4. The Balaban J connectivity index is 1.67. The van der Waals surface area contributed by atoms with Gasteiger partial charge in [0, 0.05) is 19.3 Å². The highest BCUT2D eigenvalue weighted by atomic mass is 16.6. The quantitative estimate of drug-likeness (QED) is 0.830. The highest BCUT2D eigenvalue weighted by Crippen LogP contribution is 2.28. The Morgan fingerprint density at radius 3 is 2.52 bits per heavy atom. The van der Waals surface area contributed by atoms with Crippen molar-refractivity contribution in [2.24, 2.45) is 0 Å². The lowest BCUT2D eigenvalue weighted by atomic mass is 10.0. The molecule has 1 fully saturated rings. The van der Waals surface area contributed by atoms with Gasteiger partial charge in [-0.3, -0.25) is 4.98 Å². The van der Waals surface area contributed by atoms with Crippen LogP contribution in [0.25, 0.3) is 0 Å². The number of pyridine rings is 1. The van der Waals surface area contributed by atoms with Crippen LogP contribution in [0, 0.1) is 0 Å². The fraction of sp³-hybridized carbons (Fsp3) is 0.400. The van der Waals surface area contributed by atoms with Crippen molar-refractivity contribution in [2.75, 3.05) is 19.7 Å². The zero-order valence-corrected chi connectivity index (χ0v) is 14.5. The lowest BCUT2D eigenvalue weighted by Crippen LogP contribution is -2.41. The van der Waals surface area contributed by atoms with Crippen molar-refractivity contribution in [2.45, 2.75) is 32.0 Å². The third kappa shape index (κ3) is 4.57. The number of nitrogens with zero attached hydrogens (tertiary/aromatic N) is 2. The SMILES string of the molecule is CCOC(=O)N1CCC(OC(c2ccccc2)c2ccccn2)CC1. The molecule has 0 bridgehead atoms. The van der Waals surface area contributed by atoms with Crippen molar-refractivity contribution < 1.29 is 14.3 Å². The first-order chi connectivity index (χ1) is 12.3. The third-order valence-electron chi connectivity index (χ3n) is 4.36. The summed E-state index contributed by atoms with van der Waals surface area (Å²) in [4.78, 5) is 18.1. The van der Waals surface area contributed by atoms with Crippen molar-refractivity contribution in [3.8, 4) is 0 Å². The van der Waals surface area contributed by atoms with E-state index in [0.717, 1.165) is 24.1 Å². The van der Waals surface area contributed by atoms with Crippen LogP contribution in [0.15, 0.2) is 54.7 Å². The summed E-state index contributed by atoms with van der Waals surface area (Å²) in [6, 6.07) is 16.0. The molecule has 1 aliphatic heterocycles. The van der Waals surface area contributed by atoms with E-state index in [2.05, 4.69) is 17.1 Å². The highest BCUT2D eigenvalue weighted by Gasteiger charge is 2.27. The zero-order chi connectivity index (χ0) is 17.5. The lowest BCUT2D eigenvalue weighted by Gasteiger charge is -2.33. The second-order valence-electron chi connectivity index (χ2n) is 6.07. The van der Waals surface area contributed by atoms with Gasteiger partial charge in [-0.05, 0) is 37.5 Å². The molecule has 25 heavy (non-hydrogen) atoms. The standard InChI is InChI=1S/C20H24N2O3/c1-2-24-20(23)22-14-11-17(12-15-22)25-19(16-8-4-3-5-9-16)18-10-6-7-13-21-18/h3-10,13,17,19H,2,11-12,14-15H2,1H3. The topological polar surface area (TPSA) is 51.7 Å². The number of ether oxygens (including phenoxy) is 2. The summed E-state index contributed by atoms with van der Waals surface area (Å²) in [5.74, 6) is 0. The monoisotopic (exact) mass is 340 g/mol. The van der Waals surface area contributed by atoms with Crippen LogP contribution in [-0.2, 0) is 9.47 Å². The first-order valence-corrected chi connectivity index (χ1v) is 8.81. The van der Waals surface area contributed by atoms with Crippen LogP contribution >= 0.6 is 0 Å². The third-order valence-corrected chi connectivity index (χ3v) is 4.36. The summed E-state index contributed by atoms with van der Waals surface area (Å²) in [6.45, 7) is 3.55. The molecule has 0 N–H and O–H groups in total. The van der Waals surface area contributed by atoms with E-state index in [4.69, 9.17) is 9.47 Å². The number of likely N-dealkylation sites (tertiary alicyclic amines) is 1. The second-order valence-corrected chi connectivity index (χ2v) is 6.07. The molecule has 1 amide bonds. The van der Waals surface area contributed by atoms with Crippen molar-refractivity contribution >= 4 is 6.09 Å². The minimum atomic E-state index is -0.231. The number of piperidine rings is 1. The Morgan fingerprint density at radius 2 is 1.88 bits per heavy atom. The molecular weight excluding hydrogens is 316 g/mol. The van der Waals surface area contributed by atoms with Crippen molar-refractivity contribution in [3.63, 3.8) is 0 Å². The lowest BCUT2D eigenvalue weighted by molar-refractivity contribution is -0.0275. The van der Waals surface area contributed by atoms with Gasteiger partial charge in [-0.25, -0.2) is 4.79 Å². The maximum Gasteiger partial charge on any atom is 0.409 e. The first kappa shape index (κ1) is 17.4. The van der Waals surface area contributed by atoms with E-state index in [1.807, 2.05) is 43.3 Å². The summed E-state index contributed by atoms with van der Waals surface area (Å²) in [5, 5.41) is 0. The molecule has 1 aliphatic rings. The molecule has 1 unspecified atom stereocenters. The first-order valence-electron chi connectivity index (χ1n) is 8.81. The summed E-state index contributed by atoms with van der Waals surface area (Å²) >= 11 is 0. The summed E-state index contributed by atoms with van der Waals surface area (Å²) < 4.78 is 11.5. The van der Waals surface area contributed by atoms with Crippen LogP contribution in [0.4, 0.5) is 4.79 Å². The Bertz CT molecular complexity index is 616. The summed E-state index contributed by atoms with van der Waals surface area (Å²) in [6.07, 6.45) is 3.06. The van der Waals surface area contributed by atoms with E-state index in [-0.39, 0.29) is 18.3 Å². The largest absolute Gasteiger partial charge is 0.450 e. The number of aromatic nitrogens is 1. The van der Waals surface area contributed by atoms with E-state index in [1.165, 1.54) is 0 Å². The van der Waals surface area contributed by atoms with Gasteiger partial charge < -0.3 is 14.4 Å². The zero-order valence-electron chi connectivity index (χ0n) is 14.5. The maximum atomic E-state index is 11.8. The number of amides is 1. The Kier molecular flexibility index (Phi) is 6.01. The average Bonchev–Trinajstić information content (AvgIpc) is 2.68. The normalized spacial score (nSPS) is 16.4. The fourth-order valence-electron chi connectivity index (χ4n) is 3.06. The van der Waals surface area contributed by atoms with E-state index in [9.17, 15) is 4.79 Å². The molecule has 1 aromatic heterocycles. The van der Waals surface area contributed by atoms with Crippen LogP contribution in [0.1, 0.15) is 37.1 Å². The van der Waals surface area contributed by atoms with E-state index >= 15 is 0 Å². The molecule has 1 atom stereocenters. The van der Waals surface area contributed by atoms with Gasteiger partial charge in [-0.15, -0.1) is 0 Å². The van der Waals surface area contributed by atoms with E-state index in [0.29, 0.717) is 19.7 Å². The van der Waals surface area contributed by atoms with Crippen molar-refractivity contribution in [1.29, 1.82) is 0 Å². The fourth-order valence-corrected chi connectivity index (χ4v) is 3.06. The molecule has 2 aromatic rings. The molecule has 132 valence electrons. The molecule has 0 aliphatic carbocycles. The van der Waals surface area contributed by atoms with Gasteiger partial charge >= 0.3 is 6.09 Å². The molecule has 0 saturated carbocycles. The molecule has 0 spiro atoms. The maximum absolute atomic E-state index is 11.8. The number of carbonyl (C=O) groups is 1. The second kappa shape index (κ2) is 8.62. The van der Waals surface area contributed by atoms with Gasteiger partial charge in [0.05, 0.1) is 18.4 Å². The number of hydrogen-bond donors (Lipinski definition) is 0. The van der Waals surface area contributed by atoms with Crippen LogP contribution in [0.3, 0.4) is 0 Å². The van der Waals surface area contributed by atoms with Crippen molar-refractivity contribution in [1.82, 2.24) is 9.88 Å². The van der Waals surface area contributed by atoms with Gasteiger partial charge in [-0.2, -0.15) is 0 Å². The van der Waals surface area contributed by atoms with Crippen molar-refractivity contribution in [3.05, 3.63) is 66.0 Å². The molecule has 5 heteroatoms. The van der Waals surface area contributed by atoms with Crippen LogP contribution in [0.5, 0.6) is 0 Å². The molecule has 0 radical (unpaired) electrons. The molecule has 3 rings (SSSR count). The Hall–Kier alpha value is -2.40. The van der Waals surface area contributed by atoms with Gasteiger partial charge in [0.25, 0.3) is 0 Å². The minimum Gasteiger partial charge on any atom is -0.450 e. The molecular formula is C20H24N2O3. The van der Waals surface area contributed by atoms with Gasteiger partial charge in [0.15, 0.2) is 0 Å². The minimum absolute atomic E-state index is 0.0953. The number of carbonyl (C=O) groups excluding carboxylic acids is 1. The average molecular weight is 340 g/mol. The molecule has 1 aromatic carbocycles. The van der Waals surface area contributed by atoms with Gasteiger partial charge in [0.2, 0.25) is 0 Å². The predicted octanol–water partition coefficient (Wildman–Crippen LogP) is 3.81.